The molecule has 5 atom stereocenters. The first kappa shape index (κ1) is 21.2. The summed E-state index contributed by atoms with van der Waals surface area (Å²) in [6.45, 7) is -0.528. The highest BCUT2D eigenvalue weighted by Crippen LogP contribution is 2.44. The van der Waals surface area contributed by atoms with Crippen LogP contribution in [0.4, 0.5) is 0 Å². The van der Waals surface area contributed by atoms with E-state index >= 15 is 0 Å². The molecule has 0 spiro atoms. The molecule has 2 aromatic rings. The summed E-state index contributed by atoms with van der Waals surface area (Å²) >= 11 is 0. The molecule has 10 heteroatoms. The normalized spacial score (nSPS) is 28.0. The number of ether oxygens (including phenoxy) is 3. The van der Waals surface area contributed by atoms with E-state index in [0.717, 1.165) is 0 Å². The number of aromatic hydroxyl groups is 3. The number of phenols is 3. The molecule has 31 heavy (non-hydrogen) atoms. The second-order valence-corrected chi connectivity index (χ2v) is 7.49. The standard InChI is InChI=1S/C21H22O10/c22-8-18-21(28)15(27)7-19(31-18)29-10-4-13(25)20-14(26)6-16(30-17(20)5-10)11-3-9(23)1-2-12(11)24/h1-5,15-16,18-19,21-25,27-28H,6-8H2/t15-,16+,18+,19+,21-/m1/s1. The van der Waals surface area contributed by atoms with Crippen LogP contribution in [0.15, 0.2) is 30.3 Å². The van der Waals surface area contributed by atoms with E-state index < -0.39 is 43.1 Å². The number of carbonyl (C=O) groups is 1. The number of aliphatic hydroxyl groups excluding tert-OH is 3. The molecule has 1 saturated heterocycles. The van der Waals surface area contributed by atoms with Crippen molar-refractivity contribution < 1.29 is 49.6 Å². The Hall–Kier alpha value is -3.05. The highest BCUT2D eigenvalue weighted by molar-refractivity contribution is 6.02. The fourth-order valence-electron chi connectivity index (χ4n) is 3.75. The van der Waals surface area contributed by atoms with Crippen molar-refractivity contribution in [2.45, 2.75) is 43.5 Å². The first-order valence-electron chi connectivity index (χ1n) is 9.64. The van der Waals surface area contributed by atoms with Gasteiger partial charge < -0.3 is 44.8 Å². The van der Waals surface area contributed by atoms with Crippen LogP contribution in [0.25, 0.3) is 0 Å². The molecule has 0 aromatic heterocycles. The van der Waals surface area contributed by atoms with Crippen LogP contribution in [0.3, 0.4) is 0 Å². The second kappa shape index (κ2) is 8.23. The van der Waals surface area contributed by atoms with Crippen LogP contribution in [0, 0.1) is 0 Å². The van der Waals surface area contributed by atoms with Crippen LogP contribution >= 0.6 is 0 Å². The lowest BCUT2D eigenvalue weighted by Gasteiger charge is -2.36. The Morgan fingerprint density at radius 3 is 2.58 bits per heavy atom. The van der Waals surface area contributed by atoms with Crippen molar-refractivity contribution >= 4 is 5.78 Å². The molecule has 166 valence electrons. The van der Waals surface area contributed by atoms with E-state index in [-0.39, 0.29) is 52.7 Å². The molecule has 2 aliphatic heterocycles. The molecule has 0 saturated carbocycles. The molecule has 6 N–H and O–H groups in total. The summed E-state index contributed by atoms with van der Waals surface area (Å²) in [5, 5.41) is 59.2. The number of rotatable bonds is 4. The monoisotopic (exact) mass is 434 g/mol. The summed E-state index contributed by atoms with van der Waals surface area (Å²) in [7, 11) is 0. The van der Waals surface area contributed by atoms with Crippen LogP contribution in [0.2, 0.25) is 0 Å². The highest BCUT2D eigenvalue weighted by atomic mass is 16.7. The maximum absolute atomic E-state index is 12.6. The predicted molar refractivity (Wildman–Crippen MR) is 103 cm³/mol. The zero-order valence-corrected chi connectivity index (χ0v) is 16.2. The Bertz CT molecular complexity index is 990. The first-order valence-corrected chi connectivity index (χ1v) is 9.64. The van der Waals surface area contributed by atoms with E-state index in [1.807, 2.05) is 0 Å². The van der Waals surface area contributed by atoms with Gasteiger partial charge in [0.05, 0.1) is 19.1 Å². The maximum Gasteiger partial charge on any atom is 0.202 e. The minimum Gasteiger partial charge on any atom is -0.508 e. The van der Waals surface area contributed by atoms with Crippen LogP contribution in [0.1, 0.15) is 34.9 Å². The van der Waals surface area contributed by atoms with Crippen molar-refractivity contribution in [3.8, 4) is 28.7 Å². The van der Waals surface area contributed by atoms with Gasteiger partial charge in [-0.2, -0.15) is 0 Å². The molecule has 0 bridgehead atoms. The molecule has 2 heterocycles. The molecule has 10 nitrogen and oxygen atoms in total. The summed E-state index contributed by atoms with van der Waals surface area (Å²) in [5.41, 5.74) is 0.166. The number of aliphatic hydroxyl groups is 3. The maximum atomic E-state index is 12.6. The molecule has 0 unspecified atom stereocenters. The van der Waals surface area contributed by atoms with E-state index in [2.05, 4.69) is 0 Å². The van der Waals surface area contributed by atoms with Gasteiger partial charge in [-0.1, -0.05) is 0 Å². The van der Waals surface area contributed by atoms with E-state index in [0.29, 0.717) is 0 Å². The van der Waals surface area contributed by atoms with Gasteiger partial charge in [0.25, 0.3) is 0 Å². The molecule has 2 aromatic carbocycles. The van der Waals surface area contributed by atoms with Crippen molar-refractivity contribution in [1.29, 1.82) is 0 Å². The summed E-state index contributed by atoms with van der Waals surface area (Å²) < 4.78 is 16.9. The number of carbonyl (C=O) groups excluding carboxylic acids is 1. The molecular formula is C21H22O10. The van der Waals surface area contributed by atoms with Gasteiger partial charge in [0, 0.05) is 24.1 Å². The fourth-order valence-corrected chi connectivity index (χ4v) is 3.75. The first-order chi connectivity index (χ1) is 14.8. The highest BCUT2D eigenvalue weighted by Gasteiger charge is 2.38. The largest absolute Gasteiger partial charge is 0.508 e. The minimum absolute atomic E-state index is 0.00842. The molecule has 0 radical (unpaired) electrons. The number of hydrogen-bond acceptors (Lipinski definition) is 10. The van der Waals surface area contributed by atoms with Crippen molar-refractivity contribution in [1.82, 2.24) is 0 Å². The van der Waals surface area contributed by atoms with Crippen molar-refractivity contribution in [2.24, 2.45) is 0 Å². The van der Waals surface area contributed by atoms with Gasteiger partial charge in [-0.25, -0.2) is 0 Å². The number of fused-ring (bicyclic) bond motifs is 1. The van der Waals surface area contributed by atoms with E-state index in [4.69, 9.17) is 14.2 Å². The fraction of sp³-hybridized carbons (Fsp3) is 0.381. The van der Waals surface area contributed by atoms with Crippen LogP contribution < -0.4 is 9.47 Å². The third-order valence-corrected chi connectivity index (χ3v) is 5.31. The molecular weight excluding hydrogens is 412 g/mol. The Morgan fingerprint density at radius 2 is 1.84 bits per heavy atom. The summed E-state index contributed by atoms with van der Waals surface area (Å²) in [6.07, 6.45) is -5.67. The van der Waals surface area contributed by atoms with Crippen LogP contribution in [-0.2, 0) is 4.74 Å². The lowest BCUT2D eigenvalue weighted by atomic mass is 9.95. The average Bonchev–Trinajstić information content (AvgIpc) is 2.71. The lowest BCUT2D eigenvalue weighted by Crippen LogP contribution is -2.51. The van der Waals surface area contributed by atoms with E-state index in [1.165, 1.54) is 30.3 Å². The Balaban J connectivity index is 1.60. The van der Waals surface area contributed by atoms with Gasteiger partial charge in [-0.15, -0.1) is 0 Å². The minimum atomic E-state index is -1.27. The van der Waals surface area contributed by atoms with Crippen molar-refractivity contribution in [3.05, 3.63) is 41.5 Å². The molecule has 0 aliphatic carbocycles. The Kier molecular flexibility index (Phi) is 5.63. The summed E-state index contributed by atoms with van der Waals surface area (Å²) in [6, 6.07) is 6.41. The number of benzene rings is 2. The molecule has 1 fully saturated rings. The number of phenolic OH excluding ortho intramolecular Hbond substituents is 3. The summed E-state index contributed by atoms with van der Waals surface area (Å²) in [4.78, 5) is 12.6. The number of Topliss-reactive ketones (excluding diaryl/α,β-unsaturated/α-hetero) is 1. The van der Waals surface area contributed by atoms with Crippen molar-refractivity contribution in [2.75, 3.05) is 6.61 Å². The SMILES string of the molecule is O=C1C[C@@H](c2cc(O)ccc2O)Oc2cc(O[C@@H]3C[C@@H](O)[C@@H](O)[C@H](CO)O3)cc(O)c21. The molecule has 4 rings (SSSR count). The lowest BCUT2D eigenvalue weighted by molar-refractivity contribution is -0.230. The second-order valence-electron chi connectivity index (χ2n) is 7.49. The van der Waals surface area contributed by atoms with Crippen LogP contribution in [0.5, 0.6) is 28.7 Å². The Morgan fingerprint density at radius 1 is 1.06 bits per heavy atom. The van der Waals surface area contributed by atoms with Gasteiger partial charge in [-0.3, -0.25) is 4.79 Å². The number of ketones is 1. The van der Waals surface area contributed by atoms with Crippen LogP contribution in [-0.4, -0.2) is 67.6 Å². The van der Waals surface area contributed by atoms with Gasteiger partial charge in [0.1, 0.15) is 52.6 Å². The van der Waals surface area contributed by atoms with E-state index in [1.54, 1.807) is 0 Å². The zero-order chi connectivity index (χ0) is 22.3. The topological polar surface area (TPSA) is 166 Å². The predicted octanol–water partition coefficient (Wildman–Crippen LogP) is 0.718. The summed E-state index contributed by atoms with van der Waals surface area (Å²) in [5.74, 6) is -1.00. The van der Waals surface area contributed by atoms with Gasteiger partial charge in [0.2, 0.25) is 6.29 Å². The average molecular weight is 434 g/mol. The molecule has 0 amide bonds. The molecule has 2 aliphatic rings. The smallest absolute Gasteiger partial charge is 0.202 e. The third kappa shape index (κ3) is 4.10. The van der Waals surface area contributed by atoms with Gasteiger partial charge in [0.15, 0.2) is 5.78 Å². The quantitative estimate of drug-likeness (QED) is 0.377. The van der Waals surface area contributed by atoms with Gasteiger partial charge in [-0.05, 0) is 18.2 Å². The number of hydrogen-bond donors (Lipinski definition) is 6. The third-order valence-electron chi connectivity index (χ3n) is 5.31. The van der Waals surface area contributed by atoms with Gasteiger partial charge >= 0.3 is 0 Å². The van der Waals surface area contributed by atoms with E-state index in [9.17, 15) is 35.4 Å². The zero-order valence-electron chi connectivity index (χ0n) is 16.2. The Labute approximate surface area is 176 Å². The van der Waals surface area contributed by atoms with Crippen molar-refractivity contribution in [3.63, 3.8) is 0 Å².